The number of carbonyl (C=O) groups excluding carboxylic acids is 2. The lowest BCUT2D eigenvalue weighted by atomic mass is 9.98. The second kappa shape index (κ2) is 9.55. The molecule has 1 saturated carbocycles. The van der Waals surface area contributed by atoms with E-state index >= 15 is 0 Å². The normalized spacial score (nSPS) is 14.4. The third-order valence-corrected chi connectivity index (χ3v) is 4.89. The number of anilines is 1. The van der Waals surface area contributed by atoms with E-state index in [2.05, 4.69) is 21.2 Å². The van der Waals surface area contributed by atoms with Crippen LogP contribution in [-0.4, -0.2) is 24.6 Å². The van der Waals surface area contributed by atoms with E-state index in [1.165, 1.54) is 6.42 Å². The first-order valence-electron chi connectivity index (χ1n) is 9.09. The maximum absolute atomic E-state index is 12.2. The maximum Gasteiger partial charge on any atom is 0.338 e. The summed E-state index contributed by atoms with van der Waals surface area (Å²) in [6, 6.07) is 14.0. The highest BCUT2D eigenvalue weighted by molar-refractivity contribution is 9.10. The summed E-state index contributed by atoms with van der Waals surface area (Å²) in [5, 5.41) is 2.75. The fraction of sp³-hybridized carbons (Fsp3) is 0.333. The quantitative estimate of drug-likeness (QED) is 0.656. The van der Waals surface area contributed by atoms with Gasteiger partial charge in [-0.25, -0.2) is 4.79 Å². The van der Waals surface area contributed by atoms with Crippen LogP contribution in [0.25, 0.3) is 0 Å². The predicted molar refractivity (Wildman–Crippen MR) is 107 cm³/mol. The van der Waals surface area contributed by atoms with Gasteiger partial charge in [0.15, 0.2) is 6.61 Å². The van der Waals surface area contributed by atoms with Crippen LogP contribution in [0.15, 0.2) is 53.0 Å². The fourth-order valence-electron chi connectivity index (χ4n) is 2.99. The van der Waals surface area contributed by atoms with Crippen LogP contribution in [0.1, 0.15) is 42.5 Å². The van der Waals surface area contributed by atoms with E-state index in [-0.39, 0.29) is 24.6 Å². The van der Waals surface area contributed by atoms with Gasteiger partial charge in [-0.2, -0.15) is 0 Å². The molecule has 0 radical (unpaired) electrons. The number of rotatable bonds is 6. The molecule has 0 spiro atoms. The van der Waals surface area contributed by atoms with Gasteiger partial charge < -0.3 is 14.8 Å². The highest BCUT2D eigenvalue weighted by Gasteiger charge is 2.18. The molecular formula is C21H22BrNO4. The summed E-state index contributed by atoms with van der Waals surface area (Å²) < 4.78 is 11.9. The summed E-state index contributed by atoms with van der Waals surface area (Å²) in [6.07, 6.45) is 5.36. The van der Waals surface area contributed by atoms with E-state index in [1.807, 2.05) is 12.1 Å². The van der Waals surface area contributed by atoms with Gasteiger partial charge in [0, 0.05) is 10.2 Å². The van der Waals surface area contributed by atoms with E-state index in [9.17, 15) is 9.59 Å². The molecule has 0 heterocycles. The molecule has 1 aliphatic carbocycles. The number of halogens is 1. The van der Waals surface area contributed by atoms with Crippen LogP contribution >= 0.6 is 15.9 Å². The van der Waals surface area contributed by atoms with Crippen molar-refractivity contribution >= 4 is 33.5 Å². The molecule has 0 aliphatic heterocycles. The van der Waals surface area contributed by atoms with Crippen molar-refractivity contribution in [2.45, 2.75) is 38.2 Å². The molecule has 0 unspecified atom stereocenters. The molecule has 142 valence electrons. The van der Waals surface area contributed by atoms with E-state index < -0.39 is 0 Å². The zero-order chi connectivity index (χ0) is 19.1. The first-order chi connectivity index (χ1) is 13.1. The van der Waals surface area contributed by atoms with E-state index in [4.69, 9.17) is 9.47 Å². The highest BCUT2D eigenvalue weighted by atomic mass is 79.9. The van der Waals surface area contributed by atoms with Crippen LogP contribution in [0.2, 0.25) is 0 Å². The topological polar surface area (TPSA) is 64.6 Å². The summed E-state index contributed by atoms with van der Waals surface area (Å²) in [5.41, 5.74) is 1.09. The van der Waals surface area contributed by atoms with Crippen molar-refractivity contribution in [1.82, 2.24) is 0 Å². The highest BCUT2D eigenvalue weighted by Crippen LogP contribution is 2.22. The molecule has 1 N–H and O–H groups in total. The Balaban J connectivity index is 1.47. The van der Waals surface area contributed by atoms with Crippen LogP contribution in [-0.2, 0) is 9.53 Å². The Morgan fingerprint density at radius 3 is 2.48 bits per heavy atom. The lowest BCUT2D eigenvalue weighted by Crippen LogP contribution is -2.21. The summed E-state index contributed by atoms with van der Waals surface area (Å²) in [5.74, 6) is 0.0330. The molecule has 5 nitrogen and oxygen atoms in total. The minimum atomic E-state index is -0.308. The van der Waals surface area contributed by atoms with Crippen LogP contribution in [0.4, 0.5) is 5.69 Å². The Bertz CT molecular complexity index is 785. The van der Waals surface area contributed by atoms with Gasteiger partial charge in [-0.1, -0.05) is 28.4 Å². The first kappa shape index (κ1) is 19.4. The lowest BCUT2D eigenvalue weighted by Gasteiger charge is -2.21. The number of amides is 1. The molecule has 0 aromatic heterocycles. The first-order valence-corrected chi connectivity index (χ1v) is 9.89. The van der Waals surface area contributed by atoms with Gasteiger partial charge in [-0.15, -0.1) is 0 Å². The van der Waals surface area contributed by atoms with Gasteiger partial charge in [0.05, 0.1) is 5.56 Å². The number of nitrogens with one attached hydrogen (secondary N) is 1. The molecule has 2 aromatic rings. The molecular weight excluding hydrogens is 410 g/mol. The smallest absolute Gasteiger partial charge is 0.338 e. The second-order valence-corrected chi connectivity index (χ2v) is 7.45. The van der Waals surface area contributed by atoms with E-state index in [0.29, 0.717) is 17.0 Å². The van der Waals surface area contributed by atoms with Crippen molar-refractivity contribution in [1.29, 1.82) is 0 Å². The number of carbonyl (C=O) groups is 2. The Morgan fingerprint density at radius 1 is 1.04 bits per heavy atom. The molecule has 1 amide bonds. The molecule has 27 heavy (non-hydrogen) atoms. The van der Waals surface area contributed by atoms with E-state index in [0.717, 1.165) is 30.2 Å². The third kappa shape index (κ3) is 6.10. The number of benzene rings is 2. The number of ether oxygens (including phenoxy) is 2. The van der Waals surface area contributed by atoms with Gasteiger partial charge in [0.1, 0.15) is 11.9 Å². The van der Waals surface area contributed by atoms with Crippen LogP contribution in [0, 0.1) is 0 Å². The van der Waals surface area contributed by atoms with Crippen molar-refractivity contribution in [2.75, 3.05) is 11.9 Å². The Labute approximate surface area is 167 Å². The predicted octanol–water partition coefficient (Wildman–Crippen LogP) is 4.96. The lowest BCUT2D eigenvalue weighted by molar-refractivity contribution is -0.118. The summed E-state index contributed by atoms with van der Waals surface area (Å²) in [7, 11) is 0. The molecule has 3 rings (SSSR count). The molecule has 1 aliphatic rings. The standard InChI is InChI=1S/C21H22BrNO4/c22-16-5-4-8-19(13-16)26-14-20(24)23-17-11-9-15(10-12-17)21(25)27-18-6-2-1-3-7-18/h4-5,8-13,18H,1-3,6-7,14H2,(H,23,24). The largest absolute Gasteiger partial charge is 0.484 e. The monoisotopic (exact) mass is 431 g/mol. The Hall–Kier alpha value is -2.34. The summed E-state index contributed by atoms with van der Waals surface area (Å²) >= 11 is 3.35. The number of hydrogen-bond donors (Lipinski definition) is 1. The van der Waals surface area contributed by atoms with Crippen LogP contribution < -0.4 is 10.1 Å². The van der Waals surface area contributed by atoms with Gasteiger partial charge in [-0.3, -0.25) is 4.79 Å². The Kier molecular flexibility index (Phi) is 6.87. The van der Waals surface area contributed by atoms with Gasteiger partial charge in [0.25, 0.3) is 5.91 Å². The third-order valence-electron chi connectivity index (χ3n) is 4.40. The molecule has 0 saturated heterocycles. The zero-order valence-corrected chi connectivity index (χ0v) is 16.5. The SMILES string of the molecule is O=C(COc1cccc(Br)c1)Nc1ccc(C(=O)OC2CCCCC2)cc1. The van der Waals surface area contributed by atoms with Crippen molar-refractivity contribution in [2.24, 2.45) is 0 Å². The molecule has 6 heteroatoms. The Morgan fingerprint density at radius 2 is 1.78 bits per heavy atom. The summed E-state index contributed by atoms with van der Waals surface area (Å²) in [4.78, 5) is 24.2. The summed E-state index contributed by atoms with van der Waals surface area (Å²) in [6.45, 7) is -0.0953. The minimum absolute atomic E-state index is 0.0285. The zero-order valence-electron chi connectivity index (χ0n) is 14.9. The van der Waals surface area contributed by atoms with Crippen molar-refractivity contribution < 1.29 is 19.1 Å². The molecule has 2 aromatic carbocycles. The fourth-order valence-corrected chi connectivity index (χ4v) is 3.37. The average Bonchev–Trinajstić information content (AvgIpc) is 2.68. The number of esters is 1. The van der Waals surface area contributed by atoms with Crippen molar-refractivity contribution in [3.8, 4) is 5.75 Å². The maximum atomic E-state index is 12.2. The van der Waals surface area contributed by atoms with Crippen molar-refractivity contribution in [3.63, 3.8) is 0 Å². The minimum Gasteiger partial charge on any atom is -0.484 e. The molecule has 0 bridgehead atoms. The molecule has 0 atom stereocenters. The second-order valence-electron chi connectivity index (χ2n) is 6.54. The average molecular weight is 432 g/mol. The van der Waals surface area contributed by atoms with Crippen molar-refractivity contribution in [3.05, 3.63) is 58.6 Å². The van der Waals surface area contributed by atoms with Gasteiger partial charge in [0.2, 0.25) is 0 Å². The van der Waals surface area contributed by atoms with Gasteiger partial charge in [-0.05, 0) is 68.1 Å². The van der Waals surface area contributed by atoms with E-state index in [1.54, 1.807) is 36.4 Å². The number of hydrogen-bond acceptors (Lipinski definition) is 4. The van der Waals surface area contributed by atoms with Crippen LogP contribution in [0.3, 0.4) is 0 Å². The van der Waals surface area contributed by atoms with Crippen LogP contribution in [0.5, 0.6) is 5.75 Å². The van der Waals surface area contributed by atoms with Gasteiger partial charge >= 0.3 is 5.97 Å². The molecule has 1 fully saturated rings.